The molecule has 0 spiro atoms. The van der Waals surface area contributed by atoms with Crippen LogP contribution < -0.4 is 0 Å². The number of fused-ring (bicyclic) bond motifs is 1. The molecule has 1 aliphatic rings. The lowest BCUT2D eigenvalue weighted by molar-refractivity contribution is 0.239. The topological polar surface area (TPSA) is 57.7 Å². The summed E-state index contributed by atoms with van der Waals surface area (Å²) in [5.41, 5.74) is 4.76. The second-order valence-corrected chi connectivity index (χ2v) is 6.85. The van der Waals surface area contributed by atoms with Crippen LogP contribution in [0.25, 0.3) is 0 Å². The molecule has 0 aliphatic carbocycles. The molecule has 0 atom stereocenters. The second-order valence-electron chi connectivity index (χ2n) is 6.85. The van der Waals surface area contributed by atoms with Gasteiger partial charge < -0.3 is 4.98 Å². The van der Waals surface area contributed by atoms with Crippen molar-refractivity contribution in [3.8, 4) is 0 Å². The summed E-state index contributed by atoms with van der Waals surface area (Å²) in [6.07, 6.45) is 4.76. The van der Waals surface area contributed by atoms with E-state index in [1.807, 2.05) is 6.20 Å². The lowest BCUT2D eigenvalue weighted by Gasteiger charge is -2.28. The molecular weight excluding hydrogens is 262 g/mol. The molecule has 2 aromatic rings. The van der Waals surface area contributed by atoms with Crippen molar-refractivity contribution in [2.45, 2.75) is 52.6 Å². The van der Waals surface area contributed by atoms with E-state index >= 15 is 0 Å². The van der Waals surface area contributed by atoms with Crippen LogP contribution in [0.1, 0.15) is 49.2 Å². The Morgan fingerprint density at radius 3 is 2.76 bits per heavy atom. The van der Waals surface area contributed by atoms with Gasteiger partial charge in [-0.2, -0.15) is 0 Å². The highest BCUT2D eigenvalue weighted by Crippen LogP contribution is 2.23. The van der Waals surface area contributed by atoms with Crippen LogP contribution in [0.15, 0.2) is 12.5 Å². The van der Waals surface area contributed by atoms with Gasteiger partial charge in [0.05, 0.1) is 12.0 Å². The first-order valence-electron chi connectivity index (χ1n) is 7.50. The summed E-state index contributed by atoms with van der Waals surface area (Å²) in [6, 6.07) is 0. The highest BCUT2D eigenvalue weighted by atomic mass is 15.1. The van der Waals surface area contributed by atoms with Gasteiger partial charge in [0.1, 0.15) is 5.82 Å². The first-order valence-corrected chi connectivity index (χ1v) is 7.50. The number of aromatic amines is 1. The number of aromatic nitrogens is 4. The van der Waals surface area contributed by atoms with Gasteiger partial charge in [-0.25, -0.2) is 15.0 Å². The molecule has 0 bridgehead atoms. The molecule has 0 radical (unpaired) electrons. The van der Waals surface area contributed by atoms with Crippen LogP contribution in [0.3, 0.4) is 0 Å². The maximum atomic E-state index is 4.77. The largest absolute Gasteiger partial charge is 0.348 e. The van der Waals surface area contributed by atoms with Gasteiger partial charge in [-0.3, -0.25) is 4.90 Å². The third kappa shape index (κ3) is 2.97. The minimum absolute atomic E-state index is 0.0122. The molecule has 0 unspecified atom stereocenters. The summed E-state index contributed by atoms with van der Waals surface area (Å²) in [6.45, 7) is 11.4. The Bertz CT molecular complexity index is 638. The van der Waals surface area contributed by atoms with E-state index in [9.17, 15) is 0 Å². The number of aryl methyl sites for hydroxylation is 1. The Morgan fingerprint density at radius 1 is 1.29 bits per heavy atom. The van der Waals surface area contributed by atoms with Crippen molar-refractivity contribution in [2.75, 3.05) is 6.54 Å². The molecular formula is C16H23N5. The van der Waals surface area contributed by atoms with Gasteiger partial charge in [-0.1, -0.05) is 20.8 Å². The Hall–Kier alpha value is -1.75. The van der Waals surface area contributed by atoms with Gasteiger partial charge in [0.2, 0.25) is 0 Å². The molecule has 0 fully saturated rings. The third-order valence-corrected chi connectivity index (χ3v) is 3.99. The van der Waals surface area contributed by atoms with E-state index < -0.39 is 0 Å². The predicted octanol–water partition coefficient (Wildman–Crippen LogP) is 2.36. The molecule has 0 amide bonds. The average Bonchev–Trinajstić information content (AvgIpc) is 2.82. The summed E-state index contributed by atoms with van der Waals surface area (Å²) in [7, 11) is 0. The minimum atomic E-state index is 0.0122. The zero-order chi connectivity index (χ0) is 15.0. The zero-order valence-corrected chi connectivity index (χ0v) is 13.3. The van der Waals surface area contributed by atoms with Crippen molar-refractivity contribution >= 4 is 0 Å². The average molecular weight is 285 g/mol. The second kappa shape index (κ2) is 5.22. The smallest absolute Gasteiger partial charge is 0.133 e. The number of hydrogen-bond donors (Lipinski definition) is 1. The van der Waals surface area contributed by atoms with Crippen molar-refractivity contribution < 1.29 is 0 Å². The quantitative estimate of drug-likeness (QED) is 0.920. The maximum Gasteiger partial charge on any atom is 0.133 e. The fourth-order valence-corrected chi connectivity index (χ4v) is 2.63. The fraction of sp³-hybridized carbons (Fsp3) is 0.562. The molecule has 5 nitrogen and oxygen atoms in total. The van der Waals surface area contributed by atoms with Crippen LogP contribution in [-0.2, 0) is 24.9 Å². The van der Waals surface area contributed by atoms with E-state index in [1.165, 1.54) is 11.3 Å². The standard InChI is InChI=1S/C16H23N5/c1-11-14(19-10-18-11)9-21-6-5-13-12(8-21)7-17-15(20-13)16(2,3)4/h7,10H,5-6,8-9H2,1-4H3,(H,18,19). The van der Waals surface area contributed by atoms with Crippen molar-refractivity contribution in [1.29, 1.82) is 0 Å². The molecule has 0 aromatic carbocycles. The van der Waals surface area contributed by atoms with Gasteiger partial charge in [-0.15, -0.1) is 0 Å². The van der Waals surface area contributed by atoms with E-state index in [1.54, 1.807) is 6.33 Å². The minimum Gasteiger partial charge on any atom is -0.348 e. The van der Waals surface area contributed by atoms with Crippen LogP contribution in [0.2, 0.25) is 0 Å². The van der Waals surface area contributed by atoms with Gasteiger partial charge in [0.25, 0.3) is 0 Å². The van der Waals surface area contributed by atoms with E-state index in [0.29, 0.717) is 0 Å². The van der Waals surface area contributed by atoms with E-state index in [4.69, 9.17) is 4.98 Å². The van der Waals surface area contributed by atoms with Gasteiger partial charge >= 0.3 is 0 Å². The van der Waals surface area contributed by atoms with Crippen LogP contribution in [0.4, 0.5) is 0 Å². The van der Waals surface area contributed by atoms with Crippen LogP contribution in [0.5, 0.6) is 0 Å². The SMILES string of the molecule is Cc1[nH]cnc1CN1CCc2nc(C(C)(C)C)ncc2C1. The first kappa shape index (κ1) is 14.2. The third-order valence-electron chi connectivity index (χ3n) is 3.99. The molecule has 1 aliphatic heterocycles. The summed E-state index contributed by atoms with van der Waals surface area (Å²) < 4.78 is 0. The predicted molar refractivity (Wildman–Crippen MR) is 81.9 cm³/mol. The molecule has 3 heterocycles. The molecule has 0 saturated carbocycles. The summed E-state index contributed by atoms with van der Waals surface area (Å²) in [5.74, 6) is 0.942. The van der Waals surface area contributed by atoms with E-state index in [0.717, 1.165) is 43.3 Å². The Labute approximate surface area is 125 Å². The van der Waals surface area contributed by atoms with Crippen LogP contribution in [0, 0.1) is 6.92 Å². The zero-order valence-electron chi connectivity index (χ0n) is 13.3. The first-order chi connectivity index (χ1) is 9.93. The van der Waals surface area contributed by atoms with Crippen LogP contribution in [-0.4, -0.2) is 31.4 Å². The Balaban J connectivity index is 1.76. The Morgan fingerprint density at radius 2 is 2.10 bits per heavy atom. The molecule has 3 rings (SSSR count). The maximum absolute atomic E-state index is 4.77. The fourth-order valence-electron chi connectivity index (χ4n) is 2.63. The van der Waals surface area contributed by atoms with Crippen molar-refractivity contribution in [1.82, 2.24) is 24.8 Å². The Kier molecular flexibility index (Phi) is 3.53. The normalized spacial score (nSPS) is 16.0. The van der Waals surface area contributed by atoms with Gasteiger partial charge in [0, 0.05) is 54.6 Å². The molecule has 112 valence electrons. The number of H-pyrrole nitrogens is 1. The number of nitrogens with one attached hydrogen (secondary N) is 1. The monoisotopic (exact) mass is 285 g/mol. The van der Waals surface area contributed by atoms with E-state index in [2.05, 4.69) is 47.5 Å². The summed E-state index contributed by atoms with van der Waals surface area (Å²) in [5, 5.41) is 0. The van der Waals surface area contributed by atoms with Gasteiger partial charge in [-0.05, 0) is 6.92 Å². The number of hydrogen-bond acceptors (Lipinski definition) is 4. The number of imidazole rings is 1. The van der Waals surface area contributed by atoms with Gasteiger partial charge in [0.15, 0.2) is 0 Å². The number of rotatable bonds is 2. The summed E-state index contributed by atoms with van der Waals surface area (Å²) in [4.78, 5) is 19.3. The van der Waals surface area contributed by atoms with E-state index in [-0.39, 0.29) is 5.41 Å². The molecule has 0 saturated heterocycles. The van der Waals surface area contributed by atoms with Crippen molar-refractivity contribution in [3.05, 3.63) is 41.0 Å². The summed E-state index contributed by atoms with van der Waals surface area (Å²) >= 11 is 0. The highest BCUT2D eigenvalue weighted by molar-refractivity contribution is 5.22. The molecule has 21 heavy (non-hydrogen) atoms. The number of nitrogens with zero attached hydrogens (tertiary/aromatic N) is 4. The van der Waals surface area contributed by atoms with Crippen molar-refractivity contribution in [2.24, 2.45) is 0 Å². The highest BCUT2D eigenvalue weighted by Gasteiger charge is 2.23. The van der Waals surface area contributed by atoms with Crippen LogP contribution >= 0.6 is 0 Å². The molecule has 5 heteroatoms. The molecule has 1 N–H and O–H groups in total. The lowest BCUT2D eigenvalue weighted by atomic mass is 9.95. The van der Waals surface area contributed by atoms with Crippen molar-refractivity contribution in [3.63, 3.8) is 0 Å². The lowest BCUT2D eigenvalue weighted by Crippen LogP contribution is -2.32. The molecule has 2 aromatic heterocycles.